The van der Waals surface area contributed by atoms with E-state index in [0.717, 1.165) is 34.5 Å². The second-order valence-corrected chi connectivity index (χ2v) is 8.18. The first-order valence-corrected chi connectivity index (χ1v) is 10.3. The SMILES string of the molecule is O=c1cc(CSc2n[nH]c(-c3cccs3)n2)c2cc3c(cc2o1)CCC3. The summed E-state index contributed by atoms with van der Waals surface area (Å²) in [5.74, 6) is 1.40. The van der Waals surface area contributed by atoms with Gasteiger partial charge in [-0.3, -0.25) is 5.10 Å². The van der Waals surface area contributed by atoms with E-state index >= 15 is 0 Å². The minimum atomic E-state index is -0.305. The van der Waals surface area contributed by atoms with Crippen molar-refractivity contribution >= 4 is 34.1 Å². The van der Waals surface area contributed by atoms with Crippen molar-refractivity contribution in [2.24, 2.45) is 0 Å². The number of nitrogens with zero attached hydrogens (tertiary/aromatic N) is 2. The van der Waals surface area contributed by atoms with Crippen LogP contribution in [-0.2, 0) is 18.6 Å². The first-order valence-electron chi connectivity index (χ1n) is 8.44. The topological polar surface area (TPSA) is 71.8 Å². The Morgan fingerprint density at radius 1 is 1.23 bits per heavy atom. The molecule has 1 aliphatic carbocycles. The van der Waals surface area contributed by atoms with Crippen LogP contribution in [0.1, 0.15) is 23.1 Å². The Labute approximate surface area is 157 Å². The minimum Gasteiger partial charge on any atom is -0.423 e. The largest absolute Gasteiger partial charge is 0.423 e. The maximum atomic E-state index is 12.0. The first-order chi connectivity index (χ1) is 12.8. The molecule has 3 aromatic heterocycles. The zero-order chi connectivity index (χ0) is 17.5. The fourth-order valence-electron chi connectivity index (χ4n) is 3.39. The van der Waals surface area contributed by atoms with Gasteiger partial charge in [0.25, 0.3) is 0 Å². The van der Waals surface area contributed by atoms with Crippen molar-refractivity contribution in [1.29, 1.82) is 0 Å². The van der Waals surface area contributed by atoms with Crippen LogP contribution in [0.2, 0.25) is 0 Å². The summed E-state index contributed by atoms with van der Waals surface area (Å²) in [7, 11) is 0. The molecule has 0 saturated heterocycles. The standard InChI is InChI=1S/C19H15N3O2S2/c23-17-9-13(14-7-11-3-1-4-12(11)8-15(14)24-17)10-26-19-20-18(21-22-19)16-5-2-6-25-16/h2,5-9H,1,3-4,10H2,(H,20,21,22). The summed E-state index contributed by atoms with van der Waals surface area (Å²) in [6.07, 6.45) is 3.33. The van der Waals surface area contributed by atoms with E-state index in [1.165, 1.54) is 29.3 Å². The zero-order valence-corrected chi connectivity index (χ0v) is 15.5. The molecule has 0 bridgehead atoms. The van der Waals surface area contributed by atoms with E-state index in [1.54, 1.807) is 17.4 Å². The van der Waals surface area contributed by atoms with E-state index in [0.29, 0.717) is 16.5 Å². The lowest BCUT2D eigenvalue weighted by Gasteiger charge is -2.07. The van der Waals surface area contributed by atoms with Gasteiger partial charge in [0.2, 0.25) is 5.16 Å². The molecule has 130 valence electrons. The predicted molar refractivity (Wildman–Crippen MR) is 104 cm³/mol. The minimum absolute atomic E-state index is 0.305. The van der Waals surface area contributed by atoms with Crippen molar-refractivity contribution in [1.82, 2.24) is 15.2 Å². The number of fused-ring (bicyclic) bond motifs is 2. The molecule has 5 rings (SSSR count). The summed E-state index contributed by atoms with van der Waals surface area (Å²) in [5, 5.41) is 11.0. The highest BCUT2D eigenvalue weighted by Crippen LogP contribution is 2.31. The molecule has 0 aliphatic heterocycles. The van der Waals surface area contributed by atoms with Gasteiger partial charge >= 0.3 is 5.63 Å². The average molecular weight is 381 g/mol. The number of thioether (sulfide) groups is 1. The molecule has 0 saturated carbocycles. The van der Waals surface area contributed by atoms with E-state index in [2.05, 4.69) is 21.2 Å². The number of aryl methyl sites for hydroxylation is 2. The van der Waals surface area contributed by atoms with Crippen LogP contribution in [-0.4, -0.2) is 15.2 Å². The van der Waals surface area contributed by atoms with E-state index in [4.69, 9.17) is 4.42 Å². The van der Waals surface area contributed by atoms with E-state index in [9.17, 15) is 4.79 Å². The third-order valence-electron chi connectivity index (χ3n) is 4.62. The number of rotatable bonds is 4. The van der Waals surface area contributed by atoms with Gasteiger partial charge in [0, 0.05) is 17.2 Å². The van der Waals surface area contributed by atoms with Gasteiger partial charge in [0.1, 0.15) is 5.58 Å². The number of hydrogen-bond donors (Lipinski definition) is 1. The van der Waals surface area contributed by atoms with E-state index in [-0.39, 0.29) is 5.63 Å². The van der Waals surface area contributed by atoms with Crippen LogP contribution in [0.25, 0.3) is 21.7 Å². The Balaban J connectivity index is 1.45. The quantitative estimate of drug-likeness (QED) is 0.418. The first kappa shape index (κ1) is 15.8. The third-order valence-corrected chi connectivity index (χ3v) is 6.39. The normalized spacial score (nSPS) is 13.4. The van der Waals surface area contributed by atoms with Gasteiger partial charge in [0.05, 0.1) is 4.88 Å². The predicted octanol–water partition coefficient (Wildman–Crippen LogP) is 4.42. The fraction of sp³-hybridized carbons (Fsp3) is 0.211. The van der Waals surface area contributed by atoms with Gasteiger partial charge in [-0.15, -0.1) is 16.4 Å². The molecule has 1 aliphatic rings. The summed E-state index contributed by atoms with van der Waals surface area (Å²) >= 11 is 3.14. The number of nitrogens with one attached hydrogen (secondary N) is 1. The summed E-state index contributed by atoms with van der Waals surface area (Å²) in [6, 6.07) is 9.81. The summed E-state index contributed by atoms with van der Waals surface area (Å²) < 4.78 is 5.43. The smallest absolute Gasteiger partial charge is 0.336 e. The van der Waals surface area contributed by atoms with Gasteiger partial charge in [-0.05, 0) is 59.5 Å². The average Bonchev–Trinajstić information content (AvgIpc) is 3.37. The maximum absolute atomic E-state index is 12.0. The molecule has 0 radical (unpaired) electrons. The van der Waals surface area contributed by atoms with Crippen LogP contribution in [0.4, 0.5) is 0 Å². The Morgan fingerprint density at radius 3 is 2.96 bits per heavy atom. The lowest BCUT2D eigenvalue weighted by Crippen LogP contribution is -2.01. The molecule has 4 aromatic rings. The Kier molecular flexibility index (Phi) is 3.90. The molecule has 7 heteroatoms. The number of aromatic nitrogens is 3. The van der Waals surface area contributed by atoms with Crippen molar-refractivity contribution in [2.45, 2.75) is 30.2 Å². The molecule has 0 unspecified atom stereocenters. The van der Waals surface area contributed by atoms with E-state index in [1.807, 2.05) is 23.6 Å². The number of benzene rings is 1. The molecule has 3 heterocycles. The van der Waals surface area contributed by atoms with Crippen molar-refractivity contribution in [3.05, 3.63) is 62.8 Å². The molecule has 0 fully saturated rings. The van der Waals surface area contributed by atoms with Crippen molar-refractivity contribution in [3.8, 4) is 10.7 Å². The van der Waals surface area contributed by atoms with Crippen molar-refractivity contribution < 1.29 is 4.42 Å². The van der Waals surface area contributed by atoms with Gasteiger partial charge in [-0.2, -0.15) is 0 Å². The highest BCUT2D eigenvalue weighted by molar-refractivity contribution is 7.98. The zero-order valence-electron chi connectivity index (χ0n) is 13.8. The molecule has 0 amide bonds. The van der Waals surface area contributed by atoms with Gasteiger partial charge < -0.3 is 4.42 Å². The molecule has 26 heavy (non-hydrogen) atoms. The lowest BCUT2D eigenvalue weighted by molar-refractivity contribution is 0.559. The van der Waals surface area contributed by atoms with Crippen LogP contribution in [0, 0.1) is 0 Å². The fourth-order valence-corrected chi connectivity index (χ4v) is 4.84. The summed E-state index contributed by atoms with van der Waals surface area (Å²) in [6.45, 7) is 0. The molecule has 5 nitrogen and oxygen atoms in total. The van der Waals surface area contributed by atoms with Gasteiger partial charge in [-0.1, -0.05) is 17.8 Å². The number of aromatic amines is 1. The second kappa shape index (κ2) is 6.41. The van der Waals surface area contributed by atoms with Crippen LogP contribution in [0.15, 0.2) is 50.1 Å². The molecule has 0 spiro atoms. The van der Waals surface area contributed by atoms with Crippen LogP contribution >= 0.6 is 23.1 Å². The maximum Gasteiger partial charge on any atom is 0.336 e. The number of H-pyrrole nitrogens is 1. The molecular formula is C19H15N3O2S2. The van der Waals surface area contributed by atoms with Gasteiger partial charge in [-0.25, -0.2) is 9.78 Å². The van der Waals surface area contributed by atoms with Crippen LogP contribution in [0.5, 0.6) is 0 Å². The van der Waals surface area contributed by atoms with Crippen molar-refractivity contribution in [3.63, 3.8) is 0 Å². The second-order valence-electron chi connectivity index (χ2n) is 6.29. The Morgan fingerprint density at radius 2 is 2.12 bits per heavy atom. The summed E-state index contributed by atoms with van der Waals surface area (Å²) in [5.41, 5.74) is 4.03. The molecule has 0 atom stereocenters. The Bertz CT molecular complexity index is 1150. The monoisotopic (exact) mass is 381 g/mol. The Hall–Kier alpha value is -2.38. The third kappa shape index (κ3) is 2.87. The number of hydrogen-bond acceptors (Lipinski definition) is 6. The number of thiophene rings is 1. The lowest BCUT2D eigenvalue weighted by atomic mass is 10.0. The molecule has 1 aromatic carbocycles. The molecular weight excluding hydrogens is 366 g/mol. The highest BCUT2D eigenvalue weighted by atomic mass is 32.2. The van der Waals surface area contributed by atoms with Crippen molar-refractivity contribution in [2.75, 3.05) is 0 Å². The highest BCUT2D eigenvalue weighted by Gasteiger charge is 2.16. The van der Waals surface area contributed by atoms with Crippen LogP contribution in [0.3, 0.4) is 0 Å². The van der Waals surface area contributed by atoms with E-state index < -0.39 is 0 Å². The summed E-state index contributed by atoms with van der Waals surface area (Å²) in [4.78, 5) is 17.6. The van der Waals surface area contributed by atoms with Gasteiger partial charge in [0.15, 0.2) is 5.82 Å². The molecule has 1 N–H and O–H groups in total. The van der Waals surface area contributed by atoms with Crippen LogP contribution < -0.4 is 5.63 Å².